The summed E-state index contributed by atoms with van der Waals surface area (Å²) in [5.41, 5.74) is -0.431. The van der Waals surface area contributed by atoms with Crippen molar-refractivity contribution in [2.24, 2.45) is 0 Å². The van der Waals surface area contributed by atoms with E-state index in [-0.39, 0.29) is 23.9 Å². The van der Waals surface area contributed by atoms with Crippen LogP contribution in [0.1, 0.15) is 17.6 Å². The molecule has 10 heteroatoms. The molecule has 1 aliphatic heterocycles. The molecule has 0 unspecified atom stereocenters. The van der Waals surface area contributed by atoms with Gasteiger partial charge in [-0.1, -0.05) is 17.3 Å². The fourth-order valence-electron chi connectivity index (χ4n) is 2.23. The lowest BCUT2D eigenvalue weighted by molar-refractivity contribution is -0.387. The van der Waals surface area contributed by atoms with Gasteiger partial charge in [0.1, 0.15) is 0 Å². The van der Waals surface area contributed by atoms with Gasteiger partial charge in [0.05, 0.1) is 10.8 Å². The molecule has 2 aromatic rings. The van der Waals surface area contributed by atoms with Gasteiger partial charge in [-0.3, -0.25) is 10.1 Å². The van der Waals surface area contributed by atoms with Crippen LogP contribution >= 0.6 is 0 Å². The van der Waals surface area contributed by atoms with Gasteiger partial charge in [0.2, 0.25) is 15.9 Å². The highest BCUT2D eigenvalue weighted by Gasteiger charge is 2.42. The Morgan fingerprint density at radius 2 is 2.05 bits per heavy atom. The van der Waals surface area contributed by atoms with Crippen LogP contribution in [0.3, 0.4) is 0 Å². The van der Waals surface area contributed by atoms with E-state index >= 15 is 0 Å². The predicted molar refractivity (Wildman–Crippen MR) is 73.6 cm³/mol. The van der Waals surface area contributed by atoms with Gasteiger partial charge in [-0.05, 0) is 13.0 Å². The molecule has 3 rings (SSSR count). The summed E-state index contributed by atoms with van der Waals surface area (Å²) in [6.45, 7) is 2.00. The zero-order chi connectivity index (χ0) is 15.9. The summed E-state index contributed by atoms with van der Waals surface area (Å²) in [5.74, 6) is 0.681. The number of nitro groups is 1. The number of hydrogen-bond acceptors (Lipinski definition) is 7. The summed E-state index contributed by atoms with van der Waals surface area (Å²) in [4.78, 5) is 14.0. The van der Waals surface area contributed by atoms with Gasteiger partial charge in [-0.25, -0.2) is 8.42 Å². The summed E-state index contributed by atoms with van der Waals surface area (Å²) in [6, 6.07) is 5.29. The van der Waals surface area contributed by atoms with Crippen LogP contribution in [-0.2, 0) is 10.0 Å². The van der Waals surface area contributed by atoms with E-state index in [1.807, 2.05) is 0 Å². The lowest BCUT2D eigenvalue weighted by Gasteiger charge is -2.35. The highest BCUT2D eigenvalue weighted by molar-refractivity contribution is 7.89. The van der Waals surface area contributed by atoms with Crippen molar-refractivity contribution in [3.8, 4) is 0 Å². The molecule has 0 spiro atoms. The molecule has 2 heterocycles. The third-order valence-corrected chi connectivity index (χ3v) is 5.30. The third kappa shape index (κ3) is 2.35. The quantitative estimate of drug-likeness (QED) is 0.609. The first-order chi connectivity index (χ1) is 10.4. The highest BCUT2D eigenvalue weighted by Crippen LogP contribution is 2.34. The number of para-hydroxylation sites is 1. The second-order valence-electron chi connectivity index (χ2n) is 4.92. The molecule has 1 fully saturated rings. The predicted octanol–water partition coefficient (Wildman–Crippen LogP) is 1.07. The number of nitro benzene ring substituents is 1. The second kappa shape index (κ2) is 5.14. The van der Waals surface area contributed by atoms with Crippen LogP contribution in [0.2, 0.25) is 0 Å². The van der Waals surface area contributed by atoms with Crippen molar-refractivity contribution >= 4 is 15.7 Å². The maximum absolute atomic E-state index is 12.5. The maximum atomic E-state index is 12.5. The Morgan fingerprint density at radius 1 is 1.36 bits per heavy atom. The van der Waals surface area contributed by atoms with E-state index < -0.39 is 20.6 Å². The van der Waals surface area contributed by atoms with Crippen LogP contribution in [0.15, 0.2) is 33.7 Å². The van der Waals surface area contributed by atoms with Gasteiger partial charge in [0, 0.05) is 19.2 Å². The van der Waals surface area contributed by atoms with Gasteiger partial charge in [-0.2, -0.15) is 9.29 Å². The minimum Gasteiger partial charge on any atom is -0.339 e. The highest BCUT2D eigenvalue weighted by atomic mass is 32.2. The lowest BCUT2D eigenvalue weighted by Crippen LogP contribution is -2.48. The van der Waals surface area contributed by atoms with Gasteiger partial charge in [0.25, 0.3) is 5.69 Å². The smallest absolute Gasteiger partial charge is 0.289 e. The molecular weight excluding hydrogens is 312 g/mol. The maximum Gasteiger partial charge on any atom is 0.289 e. The first kappa shape index (κ1) is 14.6. The Labute approximate surface area is 125 Å². The normalized spacial score (nSPS) is 16.4. The number of nitrogens with zero attached hydrogens (tertiary/aromatic N) is 4. The van der Waals surface area contributed by atoms with Crippen molar-refractivity contribution in [1.82, 2.24) is 14.4 Å². The molecule has 1 aliphatic rings. The van der Waals surface area contributed by atoms with Crippen molar-refractivity contribution in [2.45, 2.75) is 17.7 Å². The van der Waals surface area contributed by atoms with Crippen molar-refractivity contribution in [1.29, 1.82) is 0 Å². The van der Waals surface area contributed by atoms with Gasteiger partial charge < -0.3 is 4.52 Å². The van der Waals surface area contributed by atoms with Crippen molar-refractivity contribution in [3.63, 3.8) is 0 Å². The van der Waals surface area contributed by atoms with Crippen LogP contribution in [0.4, 0.5) is 5.69 Å². The van der Waals surface area contributed by atoms with Crippen molar-refractivity contribution in [3.05, 3.63) is 46.1 Å². The van der Waals surface area contributed by atoms with Crippen LogP contribution in [-0.4, -0.2) is 40.9 Å². The van der Waals surface area contributed by atoms with Crippen LogP contribution in [0, 0.1) is 17.0 Å². The van der Waals surface area contributed by atoms with Gasteiger partial charge in [-0.15, -0.1) is 0 Å². The largest absolute Gasteiger partial charge is 0.339 e. The second-order valence-corrected chi connectivity index (χ2v) is 6.83. The Kier molecular flexibility index (Phi) is 3.41. The molecule has 0 saturated carbocycles. The Hall–Kier alpha value is -2.33. The standard InChI is InChI=1S/C12H12N4O5S/c1-8-13-12(21-14-8)9-6-15(7-9)22(19,20)11-5-3-2-4-10(11)16(17)18/h2-5,9H,6-7H2,1H3. The first-order valence-corrected chi connectivity index (χ1v) is 7.87. The number of aryl methyl sites for hydroxylation is 1. The topological polar surface area (TPSA) is 119 Å². The molecule has 22 heavy (non-hydrogen) atoms. The van der Waals surface area contributed by atoms with Gasteiger partial charge >= 0.3 is 0 Å². The molecule has 9 nitrogen and oxygen atoms in total. The third-order valence-electron chi connectivity index (χ3n) is 3.42. The molecule has 1 saturated heterocycles. The average Bonchev–Trinajstić information content (AvgIpc) is 2.83. The molecule has 0 amide bonds. The first-order valence-electron chi connectivity index (χ1n) is 6.43. The molecule has 0 N–H and O–H groups in total. The summed E-state index contributed by atoms with van der Waals surface area (Å²) in [7, 11) is -3.91. The summed E-state index contributed by atoms with van der Waals surface area (Å²) in [6.07, 6.45) is 0. The number of rotatable bonds is 4. The number of hydrogen-bond donors (Lipinski definition) is 0. The fourth-order valence-corrected chi connectivity index (χ4v) is 3.92. The molecule has 116 valence electrons. The average molecular weight is 324 g/mol. The lowest BCUT2D eigenvalue weighted by atomic mass is 10.0. The fraction of sp³-hybridized carbons (Fsp3) is 0.333. The van der Waals surface area contributed by atoms with E-state index in [1.54, 1.807) is 6.92 Å². The number of sulfonamides is 1. The monoisotopic (exact) mass is 324 g/mol. The molecule has 1 aromatic carbocycles. The Balaban J connectivity index is 1.83. The number of benzene rings is 1. The van der Waals surface area contributed by atoms with E-state index in [1.165, 1.54) is 28.6 Å². The Morgan fingerprint density at radius 3 is 2.64 bits per heavy atom. The Bertz CT molecular complexity index is 826. The van der Waals surface area contributed by atoms with Crippen LogP contribution < -0.4 is 0 Å². The SMILES string of the molecule is Cc1noc(C2CN(S(=O)(=O)c3ccccc3[N+](=O)[O-])C2)n1. The number of aromatic nitrogens is 2. The van der Waals surface area contributed by atoms with Crippen molar-refractivity contribution in [2.75, 3.05) is 13.1 Å². The zero-order valence-electron chi connectivity index (χ0n) is 11.5. The van der Waals surface area contributed by atoms with E-state index in [9.17, 15) is 18.5 Å². The summed E-state index contributed by atoms with van der Waals surface area (Å²) >= 11 is 0. The molecule has 0 radical (unpaired) electrons. The molecule has 0 bridgehead atoms. The minimum atomic E-state index is -3.91. The summed E-state index contributed by atoms with van der Waals surface area (Å²) in [5, 5.41) is 14.6. The van der Waals surface area contributed by atoms with Crippen LogP contribution in [0.25, 0.3) is 0 Å². The molecule has 0 atom stereocenters. The van der Waals surface area contributed by atoms with Crippen molar-refractivity contribution < 1.29 is 17.9 Å². The molecular formula is C12H12N4O5S. The zero-order valence-corrected chi connectivity index (χ0v) is 12.4. The van der Waals surface area contributed by atoms with Gasteiger partial charge in [0.15, 0.2) is 10.7 Å². The van der Waals surface area contributed by atoms with E-state index in [2.05, 4.69) is 10.1 Å². The molecule has 1 aromatic heterocycles. The van der Waals surface area contributed by atoms with E-state index in [0.717, 1.165) is 0 Å². The molecule has 0 aliphatic carbocycles. The minimum absolute atomic E-state index is 0.163. The summed E-state index contributed by atoms with van der Waals surface area (Å²) < 4.78 is 31.1. The van der Waals surface area contributed by atoms with Crippen LogP contribution in [0.5, 0.6) is 0 Å². The van der Waals surface area contributed by atoms with E-state index in [0.29, 0.717) is 11.7 Å². The van der Waals surface area contributed by atoms with E-state index in [4.69, 9.17) is 4.52 Å².